The zero-order chi connectivity index (χ0) is 73.5. The Bertz CT molecular complexity index is 1930. The second kappa shape index (κ2) is 72.6. The molecule has 594 valence electrons. The summed E-state index contributed by atoms with van der Waals surface area (Å²) in [6.07, 6.45) is 62.5. The van der Waals surface area contributed by atoms with Crippen LogP contribution in [0.2, 0.25) is 0 Å². The van der Waals surface area contributed by atoms with Crippen LogP contribution in [0.5, 0.6) is 0 Å². The molecule has 0 aliphatic rings. The van der Waals surface area contributed by atoms with E-state index in [4.69, 9.17) is 37.0 Å². The Balaban J connectivity index is 5.23. The lowest BCUT2D eigenvalue weighted by Crippen LogP contribution is -2.30. The largest absolute Gasteiger partial charge is 0.472 e. The quantitative estimate of drug-likeness (QED) is 0.0222. The monoisotopic (exact) mass is 1470 g/mol. The van der Waals surface area contributed by atoms with Crippen molar-refractivity contribution in [3.8, 4) is 0 Å². The predicted octanol–water partition coefficient (Wildman–Crippen LogP) is 24.3. The van der Waals surface area contributed by atoms with Gasteiger partial charge in [-0.2, -0.15) is 0 Å². The average molecular weight is 1470 g/mol. The first-order valence-corrected chi connectivity index (χ1v) is 45.0. The van der Waals surface area contributed by atoms with E-state index in [-0.39, 0.29) is 25.7 Å². The van der Waals surface area contributed by atoms with Crippen LogP contribution in [-0.2, 0) is 65.4 Å². The molecule has 17 nitrogen and oxygen atoms in total. The first-order chi connectivity index (χ1) is 48.4. The molecule has 0 bridgehead atoms. The van der Waals surface area contributed by atoms with Crippen LogP contribution in [-0.4, -0.2) is 96.7 Å². The third-order valence-corrected chi connectivity index (χ3v) is 21.2. The Labute approximate surface area is 613 Å². The van der Waals surface area contributed by atoms with Crippen LogP contribution in [0.25, 0.3) is 0 Å². The van der Waals surface area contributed by atoms with Crippen LogP contribution in [0, 0.1) is 11.8 Å². The van der Waals surface area contributed by atoms with Gasteiger partial charge in [-0.25, -0.2) is 9.13 Å². The van der Waals surface area contributed by atoms with Gasteiger partial charge in [0.1, 0.15) is 19.3 Å². The van der Waals surface area contributed by atoms with E-state index in [0.29, 0.717) is 25.7 Å². The van der Waals surface area contributed by atoms with Gasteiger partial charge in [0.25, 0.3) is 0 Å². The van der Waals surface area contributed by atoms with Crippen molar-refractivity contribution in [3.63, 3.8) is 0 Å². The lowest BCUT2D eigenvalue weighted by atomic mass is 10.00. The highest BCUT2D eigenvalue weighted by molar-refractivity contribution is 7.47. The highest BCUT2D eigenvalue weighted by Gasteiger charge is 2.30. The van der Waals surface area contributed by atoms with Gasteiger partial charge in [-0.15, -0.1) is 0 Å². The maximum atomic E-state index is 13.1. The van der Waals surface area contributed by atoms with Gasteiger partial charge in [0.05, 0.1) is 26.4 Å². The number of ether oxygens (including phenoxy) is 4. The zero-order valence-corrected chi connectivity index (χ0v) is 67.3. The topological polar surface area (TPSA) is 237 Å². The van der Waals surface area contributed by atoms with Crippen molar-refractivity contribution in [2.75, 3.05) is 39.6 Å². The van der Waals surface area contributed by atoms with E-state index >= 15 is 0 Å². The minimum Gasteiger partial charge on any atom is -0.462 e. The molecule has 0 heterocycles. The number of carbonyl (C=O) groups excluding carboxylic acids is 4. The van der Waals surface area contributed by atoms with Crippen molar-refractivity contribution in [1.82, 2.24) is 0 Å². The number of phosphoric acid groups is 2. The second-order valence-electron chi connectivity index (χ2n) is 29.9. The van der Waals surface area contributed by atoms with Crippen molar-refractivity contribution in [1.29, 1.82) is 0 Å². The summed E-state index contributed by atoms with van der Waals surface area (Å²) in [5, 5.41) is 10.6. The summed E-state index contributed by atoms with van der Waals surface area (Å²) >= 11 is 0. The lowest BCUT2D eigenvalue weighted by molar-refractivity contribution is -0.161. The average Bonchev–Trinajstić information content (AvgIpc) is 0.929. The van der Waals surface area contributed by atoms with E-state index in [2.05, 4.69) is 41.5 Å². The Morgan fingerprint density at radius 3 is 0.760 bits per heavy atom. The Morgan fingerprint density at radius 2 is 0.510 bits per heavy atom. The van der Waals surface area contributed by atoms with Crippen LogP contribution >= 0.6 is 15.6 Å². The SMILES string of the molecule is CCCCCCCCCCCCCCCCCCCCCCC(=O)O[C@H](COC(=O)CCCCCCCCCCCCCCCCCC)COP(=O)(O)OC[C@@H](O)COP(=O)(O)OC[C@@H](COC(=O)CCCCCCCCC(C)CC)OC(=O)CCCCCCCCCCCCCC(C)C. The van der Waals surface area contributed by atoms with Gasteiger partial charge in [-0.1, -0.05) is 375 Å². The molecule has 0 spiro atoms. The van der Waals surface area contributed by atoms with Crippen molar-refractivity contribution in [2.45, 2.75) is 445 Å². The van der Waals surface area contributed by atoms with Gasteiger partial charge in [-0.3, -0.25) is 37.3 Å². The minimum atomic E-state index is -4.96. The smallest absolute Gasteiger partial charge is 0.462 e. The van der Waals surface area contributed by atoms with Crippen LogP contribution in [0.4, 0.5) is 0 Å². The lowest BCUT2D eigenvalue weighted by Gasteiger charge is -2.21. The molecule has 3 unspecified atom stereocenters. The molecule has 6 atom stereocenters. The molecule has 0 saturated heterocycles. The fourth-order valence-electron chi connectivity index (χ4n) is 12.5. The number of carbonyl (C=O) groups is 4. The van der Waals surface area contributed by atoms with Crippen LogP contribution in [0.15, 0.2) is 0 Å². The minimum absolute atomic E-state index is 0.106. The number of hydrogen-bond donors (Lipinski definition) is 3. The van der Waals surface area contributed by atoms with Crippen molar-refractivity contribution >= 4 is 39.5 Å². The molecule has 0 aromatic heterocycles. The molecule has 0 radical (unpaired) electrons. The zero-order valence-electron chi connectivity index (χ0n) is 65.5. The van der Waals surface area contributed by atoms with Crippen molar-refractivity contribution < 1.29 is 80.2 Å². The molecular weight excluding hydrogens is 1310 g/mol. The van der Waals surface area contributed by atoms with Crippen molar-refractivity contribution in [3.05, 3.63) is 0 Å². The highest BCUT2D eigenvalue weighted by Crippen LogP contribution is 2.45. The fraction of sp³-hybridized carbons (Fsp3) is 0.951. The molecule has 0 aliphatic heterocycles. The van der Waals surface area contributed by atoms with E-state index in [0.717, 1.165) is 108 Å². The third-order valence-electron chi connectivity index (χ3n) is 19.3. The summed E-state index contributed by atoms with van der Waals surface area (Å²) in [5.41, 5.74) is 0. The molecule has 0 aromatic carbocycles. The molecule has 19 heteroatoms. The van der Waals surface area contributed by atoms with Gasteiger partial charge in [0.15, 0.2) is 12.2 Å². The van der Waals surface area contributed by atoms with E-state index in [1.165, 1.54) is 238 Å². The molecule has 0 aromatic rings. The van der Waals surface area contributed by atoms with E-state index in [1.54, 1.807) is 0 Å². The number of esters is 4. The van der Waals surface area contributed by atoms with E-state index < -0.39 is 97.5 Å². The summed E-state index contributed by atoms with van der Waals surface area (Å²) in [6.45, 7) is 9.60. The maximum absolute atomic E-state index is 13.1. The number of unbranched alkanes of at least 4 members (excludes halogenated alkanes) is 49. The van der Waals surface area contributed by atoms with Gasteiger partial charge >= 0.3 is 39.5 Å². The summed E-state index contributed by atoms with van der Waals surface area (Å²) in [6, 6.07) is 0. The number of aliphatic hydroxyl groups excluding tert-OH is 1. The molecule has 100 heavy (non-hydrogen) atoms. The summed E-state index contributed by atoms with van der Waals surface area (Å²) < 4.78 is 68.7. The number of hydrogen-bond acceptors (Lipinski definition) is 15. The van der Waals surface area contributed by atoms with Gasteiger partial charge in [-0.05, 0) is 37.5 Å². The molecule has 0 fully saturated rings. The first kappa shape index (κ1) is 98.1. The van der Waals surface area contributed by atoms with Crippen molar-refractivity contribution in [2.24, 2.45) is 11.8 Å². The molecule has 0 saturated carbocycles. The molecule has 0 aliphatic carbocycles. The van der Waals surface area contributed by atoms with E-state index in [9.17, 15) is 43.2 Å². The summed E-state index contributed by atoms with van der Waals surface area (Å²) in [4.78, 5) is 73.0. The standard InChI is InChI=1S/C81H158O17P2/c1-7-10-12-14-16-18-20-22-24-26-27-28-29-31-33-37-41-45-53-59-65-80(85)97-76(69-91-78(83)63-57-51-44-40-36-32-30-25-23-21-19-17-15-13-11-8-2)71-95-99(87,88)93-67-75(82)68-94-100(89,90)96-72-77(70-92-79(84)64-58-52-48-47-50-56-62-74(6)9-3)98-81(86)66-60-54-46-42-38-34-35-39-43-49-55-61-73(4)5/h73-77,82H,7-72H2,1-6H3,(H,87,88)(H,89,90)/t74?,75-,76-,77-/m1/s1. The van der Waals surface area contributed by atoms with E-state index in [1.807, 2.05) is 0 Å². The maximum Gasteiger partial charge on any atom is 0.472 e. The van der Waals surface area contributed by atoms with Gasteiger partial charge in [0, 0.05) is 25.7 Å². The van der Waals surface area contributed by atoms with Crippen LogP contribution in [0.1, 0.15) is 427 Å². The molecule has 3 N–H and O–H groups in total. The summed E-state index contributed by atoms with van der Waals surface area (Å²) in [7, 11) is -9.92. The van der Waals surface area contributed by atoms with Gasteiger partial charge < -0.3 is 33.8 Å². The predicted molar refractivity (Wildman–Crippen MR) is 409 cm³/mol. The Kier molecular flexibility index (Phi) is 71.2. The number of aliphatic hydroxyl groups is 1. The third kappa shape index (κ3) is 73.0. The second-order valence-corrected chi connectivity index (χ2v) is 32.8. The summed E-state index contributed by atoms with van der Waals surface area (Å²) in [5.74, 6) is -0.614. The molecule has 0 rings (SSSR count). The van der Waals surface area contributed by atoms with Crippen LogP contribution in [0.3, 0.4) is 0 Å². The number of rotatable bonds is 80. The normalized spacial score (nSPS) is 14.2. The molecule has 0 amide bonds. The Hall–Kier alpha value is -1.94. The molecular formula is C81H158O17P2. The number of phosphoric ester groups is 2. The highest BCUT2D eigenvalue weighted by atomic mass is 31.2. The Morgan fingerprint density at radius 1 is 0.290 bits per heavy atom. The van der Waals surface area contributed by atoms with Gasteiger partial charge in [0.2, 0.25) is 0 Å². The van der Waals surface area contributed by atoms with Crippen LogP contribution < -0.4 is 0 Å². The fourth-order valence-corrected chi connectivity index (χ4v) is 14.1. The first-order valence-electron chi connectivity index (χ1n) is 42.0.